The summed E-state index contributed by atoms with van der Waals surface area (Å²) in [7, 11) is 0. The van der Waals surface area contributed by atoms with Crippen molar-refractivity contribution in [2.24, 2.45) is 16.0 Å². The van der Waals surface area contributed by atoms with Gasteiger partial charge in [-0.25, -0.2) is 4.79 Å². The molecule has 9 N–H and O–H groups in total. The third kappa shape index (κ3) is 10.9. The molecule has 6 rings (SSSR count). The quantitative estimate of drug-likeness (QED) is 0.0537. The molecule has 0 saturated heterocycles. The maximum atomic E-state index is 13.3. The van der Waals surface area contributed by atoms with Gasteiger partial charge in [-0.05, 0) is 111 Å². The number of anilines is 4. The van der Waals surface area contributed by atoms with Crippen LogP contribution in [0.1, 0.15) is 77.6 Å². The Morgan fingerprint density at radius 1 is 0.646 bits per heavy atom. The number of aromatic carboxylic acids is 1. The van der Waals surface area contributed by atoms with Gasteiger partial charge in [-0.15, -0.1) is 10.2 Å². The fraction of sp³-hybridized carbons (Fsp3) is 0.159. The maximum Gasteiger partial charge on any atom is 0.442 e. The van der Waals surface area contributed by atoms with Crippen molar-refractivity contribution in [3.63, 3.8) is 0 Å². The minimum Gasteiger partial charge on any atom is -0.504 e. The fourth-order valence-electron chi connectivity index (χ4n) is 6.09. The number of nitrogens with zero attached hydrogens (tertiary/aromatic N) is 2. The fourth-order valence-corrected chi connectivity index (χ4v) is 6.09. The van der Waals surface area contributed by atoms with E-state index in [0.29, 0.717) is 0 Å². The second-order valence-corrected chi connectivity index (χ2v) is 14.5. The Balaban J connectivity index is 1.05. The summed E-state index contributed by atoms with van der Waals surface area (Å²) in [5.41, 5.74) is 3.10. The number of nitrogens with one attached hydrogen (secondary N) is 5. The summed E-state index contributed by atoms with van der Waals surface area (Å²) < 4.78 is 45.7. The van der Waals surface area contributed by atoms with Gasteiger partial charge in [-0.3, -0.25) is 28.8 Å². The number of nitrogens with two attached hydrogens (primary N) is 1. The van der Waals surface area contributed by atoms with Crippen LogP contribution in [0.4, 0.5) is 35.9 Å². The maximum absolute atomic E-state index is 13.3. The van der Waals surface area contributed by atoms with E-state index in [1.807, 2.05) is 0 Å². The number of carboxylic acids is 1. The second kappa shape index (κ2) is 18.8. The first-order valence-electron chi connectivity index (χ1n) is 19.3. The number of carboxylic acid groups (broad SMARTS) is 1. The van der Waals surface area contributed by atoms with Crippen LogP contribution >= 0.6 is 0 Å². The molecule has 5 aromatic carbocycles. The van der Waals surface area contributed by atoms with Gasteiger partial charge in [-0.1, -0.05) is 12.1 Å². The SMILES string of the molecule is CC(C)Oc1c(NC(=O)c2ccc(NC(=O)[C@H](CC(N)=O)NC(=O)c3ccc(NC(=O)c4ccc(C5(C(F)(F)F)N=N5)cc4)cc3)cc2)ccc(C(=O)Nc2ccc(C(=O)O)cc2)c1O. The van der Waals surface area contributed by atoms with Crippen LogP contribution in [-0.4, -0.2) is 69.9 Å². The highest BCUT2D eigenvalue weighted by Gasteiger charge is 2.65. The largest absolute Gasteiger partial charge is 0.504 e. The smallest absolute Gasteiger partial charge is 0.442 e. The molecule has 1 aliphatic rings. The molecule has 0 aromatic heterocycles. The molecule has 0 fully saturated rings. The molecule has 1 aliphatic heterocycles. The number of alkyl halides is 3. The molecule has 0 radical (unpaired) electrons. The number of aromatic hydroxyl groups is 1. The number of phenols is 1. The Morgan fingerprint density at radius 3 is 1.58 bits per heavy atom. The van der Waals surface area contributed by atoms with E-state index in [1.165, 1.54) is 97.1 Å². The first-order valence-corrected chi connectivity index (χ1v) is 19.3. The Bertz CT molecular complexity index is 2700. The highest BCUT2D eigenvalue weighted by Crippen LogP contribution is 2.52. The van der Waals surface area contributed by atoms with Crippen molar-refractivity contribution in [3.05, 3.63) is 143 Å². The van der Waals surface area contributed by atoms with Gasteiger partial charge in [0.25, 0.3) is 23.6 Å². The predicted molar refractivity (Wildman–Crippen MR) is 227 cm³/mol. The van der Waals surface area contributed by atoms with Crippen molar-refractivity contribution in [2.75, 3.05) is 21.3 Å². The lowest BCUT2D eigenvalue weighted by Crippen LogP contribution is -2.46. The Labute approximate surface area is 366 Å². The van der Waals surface area contributed by atoms with E-state index >= 15 is 0 Å². The molecule has 1 atom stereocenters. The third-order valence-electron chi connectivity index (χ3n) is 9.46. The first kappa shape index (κ1) is 45.9. The number of ether oxygens (including phenoxy) is 1. The van der Waals surface area contributed by atoms with Gasteiger partial charge >= 0.3 is 17.8 Å². The standard InChI is InChI=1S/C44H37F3N8O10/c1-22(2)65-36-32(20-19-31(35(36)57)40(61)50-29-17-9-26(10-18-29)42(63)64)52-38(59)24-7-15-30(16-8-24)51-41(62)33(21-34(48)56)53-39(60)25-5-13-28(14-6-25)49-37(58)23-3-11-27(12-4-23)43(54-55-43)44(45,46)47/h3-20,22,33,57H,21H2,1-2H3,(H2,48,56)(H,49,58)(H,50,61)(H,51,62)(H,52,59)(H,53,60)(H,63,64)/t33-/m0/s1. The van der Waals surface area contributed by atoms with E-state index < -0.39 is 77.6 Å². The van der Waals surface area contributed by atoms with E-state index in [4.69, 9.17) is 15.6 Å². The molecule has 0 unspecified atom stereocenters. The third-order valence-corrected chi connectivity index (χ3v) is 9.46. The molecule has 0 spiro atoms. The highest BCUT2D eigenvalue weighted by atomic mass is 19.4. The van der Waals surface area contributed by atoms with Crippen molar-refractivity contribution in [1.29, 1.82) is 0 Å². The summed E-state index contributed by atoms with van der Waals surface area (Å²) in [6.45, 7) is 3.32. The molecule has 5 aromatic rings. The number of rotatable bonds is 16. The van der Waals surface area contributed by atoms with Crippen molar-refractivity contribution in [1.82, 2.24) is 5.32 Å². The van der Waals surface area contributed by atoms with Gasteiger partial charge in [-0.2, -0.15) is 13.2 Å². The van der Waals surface area contributed by atoms with Gasteiger partial charge < -0.3 is 47.3 Å². The number of hydrogen-bond donors (Lipinski definition) is 8. The molecular weight excluding hydrogens is 858 g/mol. The number of hydrogen-bond acceptors (Lipinski definition) is 11. The van der Waals surface area contributed by atoms with E-state index in [0.717, 1.165) is 12.1 Å². The highest BCUT2D eigenvalue weighted by molar-refractivity contribution is 6.10. The summed E-state index contributed by atoms with van der Waals surface area (Å²) in [6.07, 6.45) is -5.82. The average molecular weight is 895 g/mol. The first-order chi connectivity index (χ1) is 30.7. The van der Waals surface area contributed by atoms with Gasteiger partial charge in [0.15, 0.2) is 11.5 Å². The molecule has 0 bridgehead atoms. The summed E-state index contributed by atoms with van der Waals surface area (Å²) in [6, 6.07) is 21.9. The summed E-state index contributed by atoms with van der Waals surface area (Å²) in [5, 5.41) is 39.2. The van der Waals surface area contributed by atoms with Crippen LogP contribution in [0.15, 0.2) is 119 Å². The van der Waals surface area contributed by atoms with Crippen LogP contribution in [0.25, 0.3) is 0 Å². The minimum atomic E-state index is -4.72. The van der Waals surface area contributed by atoms with Gasteiger partial charge in [0, 0.05) is 39.3 Å². The number of halogens is 3. The molecule has 65 heavy (non-hydrogen) atoms. The molecule has 18 nitrogen and oxygen atoms in total. The number of carbonyl (C=O) groups is 7. The number of carbonyl (C=O) groups excluding carboxylic acids is 6. The van der Waals surface area contributed by atoms with E-state index in [2.05, 4.69) is 36.8 Å². The lowest BCUT2D eigenvalue weighted by atomic mass is 10.0. The molecule has 1 heterocycles. The molecule has 0 saturated carbocycles. The van der Waals surface area contributed by atoms with Crippen molar-refractivity contribution in [3.8, 4) is 11.5 Å². The zero-order valence-electron chi connectivity index (χ0n) is 34.0. The van der Waals surface area contributed by atoms with Crippen LogP contribution in [-0.2, 0) is 15.3 Å². The van der Waals surface area contributed by atoms with E-state index in [-0.39, 0.29) is 61.9 Å². The number of phenolic OH excluding ortho intramolecular Hbond substituents is 1. The normalized spacial score (nSPS) is 12.9. The second-order valence-electron chi connectivity index (χ2n) is 14.5. The molecular formula is C44H37F3N8O10. The van der Waals surface area contributed by atoms with Gasteiger partial charge in [0.05, 0.1) is 29.3 Å². The number of primary amides is 1. The lowest BCUT2D eigenvalue weighted by molar-refractivity contribution is -0.166. The Hall–Kier alpha value is -8.62. The van der Waals surface area contributed by atoms with Crippen LogP contribution in [0.5, 0.6) is 11.5 Å². The van der Waals surface area contributed by atoms with Crippen LogP contribution < -0.4 is 37.1 Å². The molecule has 334 valence electrons. The zero-order valence-corrected chi connectivity index (χ0v) is 34.0. The predicted octanol–water partition coefficient (Wildman–Crippen LogP) is 6.43. The van der Waals surface area contributed by atoms with Crippen LogP contribution in [0.2, 0.25) is 0 Å². The Kier molecular flexibility index (Phi) is 13.3. The minimum absolute atomic E-state index is 0.00649. The zero-order chi connectivity index (χ0) is 47.2. The molecule has 21 heteroatoms. The monoisotopic (exact) mass is 894 g/mol. The molecule has 6 amide bonds. The van der Waals surface area contributed by atoms with Crippen molar-refractivity contribution < 1.29 is 61.7 Å². The van der Waals surface area contributed by atoms with Gasteiger partial charge in [0.2, 0.25) is 11.8 Å². The van der Waals surface area contributed by atoms with E-state index in [9.17, 15) is 51.8 Å². The number of amides is 6. The summed E-state index contributed by atoms with van der Waals surface area (Å²) >= 11 is 0. The summed E-state index contributed by atoms with van der Waals surface area (Å²) in [5.74, 6) is -6.53. The van der Waals surface area contributed by atoms with Crippen molar-refractivity contribution >= 4 is 64.2 Å². The molecule has 0 aliphatic carbocycles. The van der Waals surface area contributed by atoms with Crippen LogP contribution in [0.3, 0.4) is 0 Å². The number of benzene rings is 5. The van der Waals surface area contributed by atoms with Crippen LogP contribution in [0, 0.1) is 0 Å². The van der Waals surface area contributed by atoms with E-state index in [1.54, 1.807) is 13.8 Å². The average Bonchev–Trinajstić information content (AvgIpc) is 4.08. The summed E-state index contributed by atoms with van der Waals surface area (Å²) in [4.78, 5) is 88.6. The lowest BCUT2D eigenvalue weighted by Gasteiger charge is -2.19. The Morgan fingerprint density at radius 2 is 1.11 bits per heavy atom. The van der Waals surface area contributed by atoms with Crippen molar-refractivity contribution in [2.45, 2.75) is 44.3 Å². The van der Waals surface area contributed by atoms with Gasteiger partial charge in [0.1, 0.15) is 6.04 Å². The topological polar surface area (TPSA) is 280 Å².